The number of benzene rings is 3. The minimum atomic E-state index is -0.730. The fraction of sp³-hybridized carbons (Fsp3) is 0.200. The van der Waals surface area contributed by atoms with Gasteiger partial charge in [-0.25, -0.2) is 0 Å². The number of nitrogens with one attached hydrogen (secondary N) is 2. The second kappa shape index (κ2) is 10.8. The lowest BCUT2D eigenvalue weighted by atomic mass is 10.2. The largest absolute Gasteiger partial charge is 0.488 e. The molecule has 6 nitrogen and oxygen atoms in total. The minimum absolute atomic E-state index is 0.325. The Morgan fingerprint density at radius 3 is 2.39 bits per heavy atom. The molecule has 6 heteroatoms. The summed E-state index contributed by atoms with van der Waals surface area (Å²) >= 11 is 0. The lowest BCUT2D eigenvalue weighted by Gasteiger charge is -2.18. The van der Waals surface area contributed by atoms with E-state index < -0.39 is 17.9 Å². The first-order valence-electron chi connectivity index (χ1n) is 10.2. The fourth-order valence-electron chi connectivity index (χ4n) is 2.96. The van der Waals surface area contributed by atoms with Gasteiger partial charge in [-0.15, -0.1) is 0 Å². The van der Waals surface area contributed by atoms with Gasteiger partial charge in [-0.3, -0.25) is 20.4 Å². The molecule has 2 amide bonds. The van der Waals surface area contributed by atoms with Gasteiger partial charge in [0, 0.05) is 0 Å². The number of para-hydroxylation sites is 1. The average Bonchev–Trinajstić information content (AvgIpc) is 2.80. The summed E-state index contributed by atoms with van der Waals surface area (Å²) in [5.74, 6) is 0.136. The van der Waals surface area contributed by atoms with Gasteiger partial charge in [-0.1, -0.05) is 61.5 Å². The maximum atomic E-state index is 12.6. The van der Waals surface area contributed by atoms with E-state index in [1.54, 1.807) is 30.3 Å². The molecule has 2 N–H and O–H groups in total. The SMILES string of the molecule is CCC(Oc1cccc(C)c1)C(=O)NNC(=O)c1ccccc1OCc1ccccc1. The van der Waals surface area contributed by atoms with Gasteiger partial charge in [0.25, 0.3) is 11.8 Å². The molecule has 160 valence electrons. The maximum Gasteiger partial charge on any atom is 0.279 e. The van der Waals surface area contributed by atoms with Crippen LogP contribution in [0, 0.1) is 6.92 Å². The molecule has 1 atom stereocenters. The Labute approximate surface area is 182 Å². The molecule has 0 spiro atoms. The molecule has 0 aliphatic rings. The molecule has 0 aliphatic heterocycles. The highest BCUT2D eigenvalue weighted by Gasteiger charge is 2.20. The Morgan fingerprint density at radius 2 is 1.65 bits per heavy atom. The van der Waals surface area contributed by atoms with Crippen LogP contribution in [0.2, 0.25) is 0 Å². The zero-order chi connectivity index (χ0) is 22.1. The molecule has 1 unspecified atom stereocenters. The van der Waals surface area contributed by atoms with Crippen LogP contribution in [-0.2, 0) is 11.4 Å². The van der Waals surface area contributed by atoms with Crippen molar-refractivity contribution in [1.29, 1.82) is 0 Å². The van der Waals surface area contributed by atoms with Gasteiger partial charge in [0.1, 0.15) is 18.1 Å². The first-order valence-corrected chi connectivity index (χ1v) is 10.2. The Kier molecular flexibility index (Phi) is 7.65. The zero-order valence-electron chi connectivity index (χ0n) is 17.6. The Hall–Kier alpha value is -3.80. The number of carbonyl (C=O) groups excluding carboxylic acids is 2. The predicted octanol–water partition coefficient (Wildman–Crippen LogP) is 4.19. The Bertz CT molecular complexity index is 1020. The van der Waals surface area contributed by atoms with Crippen molar-refractivity contribution in [1.82, 2.24) is 10.9 Å². The van der Waals surface area contributed by atoms with Crippen LogP contribution in [-0.4, -0.2) is 17.9 Å². The second-order valence-corrected chi connectivity index (χ2v) is 7.05. The van der Waals surface area contributed by atoms with Crippen LogP contribution >= 0.6 is 0 Å². The van der Waals surface area contributed by atoms with Crippen molar-refractivity contribution < 1.29 is 19.1 Å². The number of aryl methyl sites for hydroxylation is 1. The quantitative estimate of drug-likeness (QED) is 0.538. The molecule has 0 bridgehead atoms. The standard InChI is InChI=1S/C25H26N2O4/c1-3-22(31-20-13-9-10-18(2)16-20)25(29)27-26-24(28)21-14-7-8-15-23(21)30-17-19-11-5-4-6-12-19/h4-16,22H,3,17H2,1-2H3,(H,26,28)(H,27,29). The highest BCUT2D eigenvalue weighted by Crippen LogP contribution is 2.19. The van der Waals surface area contributed by atoms with Crippen molar-refractivity contribution in [3.63, 3.8) is 0 Å². The van der Waals surface area contributed by atoms with Crippen LogP contribution in [0.1, 0.15) is 34.8 Å². The number of hydrazine groups is 1. The van der Waals surface area contributed by atoms with Crippen molar-refractivity contribution in [2.24, 2.45) is 0 Å². The third kappa shape index (κ3) is 6.34. The van der Waals surface area contributed by atoms with Gasteiger partial charge in [0.15, 0.2) is 6.10 Å². The molecule has 0 fully saturated rings. The van der Waals surface area contributed by atoms with Crippen LogP contribution in [0.5, 0.6) is 11.5 Å². The van der Waals surface area contributed by atoms with Crippen molar-refractivity contribution >= 4 is 11.8 Å². The molecule has 0 aromatic heterocycles. The molecule has 0 radical (unpaired) electrons. The first-order chi connectivity index (χ1) is 15.1. The van der Waals surface area contributed by atoms with Crippen LogP contribution in [0.25, 0.3) is 0 Å². The topological polar surface area (TPSA) is 76.7 Å². The summed E-state index contributed by atoms with van der Waals surface area (Å²) in [5, 5.41) is 0. The van der Waals surface area contributed by atoms with Crippen molar-refractivity contribution in [2.45, 2.75) is 33.0 Å². The van der Waals surface area contributed by atoms with Crippen molar-refractivity contribution in [3.8, 4) is 11.5 Å². The summed E-state index contributed by atoms with van der Waals surface area (Å²) in [6, 6.07) is 24.0. The first kappa shape index (κ1) is 21.9. The highest BCUT2D eigenvalue weighted by molar-refractivity contribution is 5.98. The molecule has 0 aliphatic carbocycles. The molecule has 0 heterocycles. The maximum absolute atomic E-state index is 12.6. The molecule has 3 rings (SSSR count). The summed E-state index contributed by atoms with van der Waals surface area (Å²) in [5.41, 5.74) is 7.25. The molecule has 3 aromatic rings. The van der Waals surface area contributed by atoms with E-state index in [9.17, 15) is 9.59 Å². The van der Waals surface area contributed by atoms with Crippen LogP contribution in [0.4, 0.5) is 0 Å². The minimum Gasteiger partial charge on any atom is -0.488 e. The molecule has 3 aromatic carbocycles. The van der Waals surface area contributed by atoms with E-state index >= 15 is 0 Å². The van der Waals surface area contributed by atoms with E-state index in [1.807, 2.05) is 62.4 Å². The van der Waals surface area contributed by atoms with Gasteiger partial charge in [-0.2, -0.15) is 0 Å². The van der Waals surface area contributed by atoms with Gasteiger partial charge in [0.2, 0.25) is 0 Å². The summed E-state index contributed by atoms with van der Waals surface area (Å²) in [6.07, 6.45) is -0.279. The summed E-state index contributed by atoms with van der Waals surface area (Å²) in [4.78, 5) is 25.2. The molecule has 0 saturated heterocycles. The zero-order valence-corrected chi connectivity index (χ0v) is 17.6. The molecule has 31 heavy (non-hydrogen) atoms. The predicted molar refractivity (Wildman–Crippen MR) is 119 cm³/mol. The van der Waals surface area contributed by atoms with Crippen LogP contribution < -0.4 is 20.3 Å². The van der Waals surface area contributed by atoms with E-state index in [2.05, 4.69) is 10.9 Å². The number of amides is 2. The van der Waals surface area contributed by atoms with Crippen molar-refractivity contribution in [3.05, 3.63) is 95.6 Å². The third-order valence-electron chi connectivity index (χ3n) is 4.60. The summed E-state index contributed by atoms with van der Waals surface area (Å²) < 4.78 is 11.6. The van der Waals surface area contributed by atoms with Gasteiger partial charge >= 0.3 is 0 Å². The second-order valence-electron chi connectivity index (χ2n) is 7.05. The van der Waals surface area contributed by atoms with E-state index in [-0.39, 0.29) is 0 Å². The normalized spacial score (nSPS) is 11.3. The highest BCUT2D eigenvalue weighted by atomic mass is 16.5. The van der Waals surface area contributed by atoms with Gasteiger partial charge in [-0.05, 0) is 48.7 Å². The number of ether oxygens (including phenoxy) is 2. The lowest BCUT2D eigenvalue weighted by molar-refractivity contribution is -0.128. The molecular weight excluding hydrogens is 392 g/mol. The van der Waals surface area contributed by atoms with Crippen molar-refractivity contribution in [2.75, 3.05) is 0 Å². The smallest absolute Gasteiger partial charge is 0.279 e. The summed E-state index contributed by atoms with van der Waals surface area (Å²) in [6.45, 7) is 4.12. The number of rotatable bonds is 8. The number of hydrogen-bond donors (Lipinski definition) is 2. The summed E-state index contributed by atoms with van der Waals surface area (Å²) in [7, 11) is 0. The van der Waals surface area contributed by atoms with E-state index in [4.69, 9.17) is 9.47 Å². The molecule has 0 saturated carbocycles. The van der Waals surface area contributed by atoms with Gasteiger partial charge < -0.3 is 9.47 Å². The number of hydrogen-bond acceptors (Lipinski definition) is 4. The van der Waals surface area contributed by atoms with E-state index in [0.29, 0.717) is 30.1 Å². The monoisotopic (exact) mass is 418 g/mol. The Balaban J connectivity index is 1.59. The van der Waals surface area contributed by atoms with E-state index in [0.717, 1.165) is 11.1 Å². The van der Waals surface area contributed by atoms with Crippen LogP contribution in [0.15, 0.2) is 78.9 Å². The van der Waals surface area contributed by atoms with E-state index in [1.165, 1.54) is 0 Å². The number of carbonyl (C=O) groups is 2. The lowest BCUT2D eigenvalue weighted by Crippen LogP contribution is -2.48. The fourth-order valence-corrected chi connectivity index (χ4v) is 2.96. The third-order valence-corrected chi connectivity index (χ3v) is 4.60. The van der Waals surface area contributed by atoms with Gasteiger partial charge in [0.05, 0.1) is 5.56 Å². The van der Waals surface area contributed by atoms with Crippen LogP contribution in [0.3, 0.4) is 0 Å². The molecular formula is C25H26N2O4. The average molecular weight is 418 g/mol. The Morgan fingerprint density at radius 1 is 0.903 bits per heavy atom.